The van der Waals surface area contributed by atoms with Crippen LogP contribution in [0.15, 0.2) is 11.1 Å². The molecule has 1 N–H and O–H groups in total. The highest BCUT2D eigenvalue weighted by Crippen LogP contribution is 2.67. The van der Waals surface area contributed by atoms with E-state index in [9.17, 15) is 9.90 Å². The summed E-state index contributed by atoms with van der Waals surface area (Å²) in [6.45, 7) is 8.34. The zero-order chi connectivity index (χ0) is 12.6. The topological polar surface area (TPSA) is 37.3 Å². The third-order valence-electron chi connectivity index (χ3n) is 5.54. The van der Waals surface area contributed by atoms with E-state index in [1.807, 2.05) is 13.8 Å². The van der Waals surface area contributed by atoms with Crippen LogP contribution in [0.4, 0.5) is 0 Å². The first-order valence-electron chi connectivity index (χ1n) is 6.70. The van der Waals surface area contributed by atoms with Crippen LogP contribution in [-0.4, -0.2) is 16.5 Å². The lowest BCUT2D eigenvalue weighted by atomic mass is 9.64. The van der Waals surface area contributed by atoms with E-state index in [1.165, 1.54) is 0 Å². The first-order valence-corrected chi connectivity index (χ1v) is 6.70. The Hall–Kier alpha value is -0.630. The number of carbonyl (C=O) groups is 1. The van der Waals surface area contributed by atoms with Crippen LogP contribution in [0.5, 0.6) is 0 Å². The van der Waals surface area contributed by atoms with Crippen LogP contribution in [-0.2, 0) is 4.79 Å². The Balaban J connectivity index is 2.13. The normalized spacial score (nSPS) is 41.9. The molecule has 0 aliphatic heterocycles. The van der Waals surface area contributed by atoms with Crippen LogP contribution in [0.3, 0.4) is 0 Å². The van der Waals surface area contributed by atoms with Crippen molar-refractivity contribution in [2.24, 2.45) is 16.7 Å². The average molecular weight is 234 g/mol. The minimum absolute atomic E-state index is 0.00477. The van der Waals surface area contributed by atoms with Crippen molar-refractivity contribution >= 4 is 5.78 Å². The first-order chi connectivity index (χ1) is 7.71. The molecule has 3 aliphatic rings. The highest BCUT2D eigenvalue weighted by Gasteiger charge is 2.66. The summed E-state index contributed by atoms with van der Waals surface area (Å²) in [5.74, 6) is 0.319. The molecule has 2 nitrogen and oxygen atoms in total. The van der Waals surface area contributed by atoms with Crippen LogP contribution >= 0.6 is 0 Å². The second-order valence-electron chi connectivity index (χ2n) is 7.29. The number of Topliss-reactive ketones (excluding diaryl/α,β-unsaturated/α-hetero) is 1. The van der Waals surface area contributed by atoms with Gasteiger partial charge >= 0.3 is 0 Å². The number of hydrogen-bond donors (Lipinski definition) is 1. The fourth-order valence-electron chi connectivity index (χ4n) is 4.22. The molecule has 2 atom stereocenters. The summed E-state index contributed by atoms with van der Waals surface area (Å²) in [6, 6.07) is 0. The van der Waals surface area contributed by atoms with Crippen molar-refractivity contribution in [1.29, 1.82) is 0 Å². The number of aliphatic hydroxyl groups is 1. The highest BCUT2D eigenvalue weighted by molar-refractivity contribution is 6.01. The zero-order valence-corrected chi connectivity index (χ0v) is 11.3. The lowest BCUT2D eigenvalue weighted by molar-refractivity contribution is -0.127. The van der Waals surface area contributed by atoms with E-state index in [4.69, 9.17) is 0 Å². The minimum atomic E-state index is -0.747. The number of allylic oxidation sites excluding steroid dienone is 1. The van der Waals surface area contributed by atoms with Gasteiger partial charge in [0.1, 0.15) is 0 Å². The molecule has 0 radical (unpaired) electrons. The van der Waals surface area contributed by atoms with Gasteiger partial charge in [-0.25, -0.2) is 0 Å². The third kappa shape index (κ3) is 1.22. The molecule has 0 saturated heterocycles. The molecule has 17 heavy (non-hydrogen) atoms. The monoisotopic (exact) mass is 234 g/mol. The van der Waals surface area contributed by atoms with Crippen molar-refractivity contribution in [2.75, 3.05) is 0 Å². The molecule has 94 valence electrons. The lowest BCUT2D eigenvalue weighted by Gasteiger charge is -2.43. The first kappa shape index (κ1) is 11.5. The predicted octanol–water partition coefficient (Wildman–Crippen LogP) is 2.85. The molecule has 1 saturated carbocycles. The third-order valence-corrected chi connectivity index (χ3v) is 5.54. The Bertz CT molecular complexity index is 436. The summed E-state index contributed by atoms with van der Waals surface area (Å²) in [4.78, 5) is 12.5. The molecule has 1 fully saturated rings. The molecular weight excluding hydrogens is 212 g/mol. The van der Waals surface area contributed by atoms with Gasteiger partial charge in [0, 0.05) is 11.3 Å². The van der Waals surface area contributed by atoms with Gasteiger partial charge in [-0.3, -0.25) is 4.79 Å². The smallest absolute Gasteiger partial charge is 0.162 e. The van der Waals surface area contributed by atoms with Gasteiger partial charge in [0.25, 0.3) is 0 Å². The van der Waals surface area contributed by atoms with Crippen LogP contribution < -0.4 is 0 Å². The molecule has 0 aromatic rings. The maximum atomic E-state index is 12.5. The maximum Gasteiger partial charge on any atom is 0.162 e. The van der Waals surface area contributed by atoms with E-state index in [-0.39, 0.29) is 16.7 Å². The molecule has 2 heteroatoms. The molecule has 3 rings (SSSR count). The molecule has 0 bridgehead atoms. The SMILES string of the molecule is C[C@H]1C(=O)C2=C(CC(C)(C)C2)[C@](C)(O)C12CC2. The van der Waals surface area contributed by atoms with Crippen LogP contribution in [0.25, 0.3) is 0 Å². The highest BCUT2D eigenvalue weighted by atomic mass is 16.3. The van der Waals surface area contributed by atoms with Gasteiger partial charge in [0.05, 0.1) is 5.60 Å². The Morgan fingerprint density at radius 3 is 2.29 bits per heavy atom. The summed E-state index contributed by atoms with van der Waals surface area (Å²) < 4.78 is 0. The van der Waals surface area contributed by atoms with Crippen LogP contribution in [0, 0.1) is 16.7 Å². The Morgan fingerprint density at radius 2 is 1.76 bits per heavy atom. The number of carbonyl (C=O) groups excluding carboxylic acids is 1. The summed E-state index contributed by atoms with van der Waals surface area (Å²) in [5.41, 5.74) is 1.27. The van der Waals surface area contributed by atoms with E-state index < -0.39 is 5.60 Å². The molecular formula is C15H22O2. The minimum Gasteiger partial charge on any atom is -0.385 e. The second kappa shape index (κ2) is 2.85. The van der Waals surface area contributed by atoms with E-state index in [0.717, 1.165) is 36.8 Å². The van der Waals surface area contributed by atoms with Crippen molar-refractivity contribution in [3.05, 3.63) is 11.1 Å². The van der Waals surface area contributed by atoms with Gasteiger partial charge in [0.2, 0.25) is 0 Å². The quantitative estimate of drug-likeness (QED) is 0.699. The van der Waals surface area contributed by atoms with Crippen molar-refractivity contribution in [3.8, 4) is 0 Å². The Morgan fingerprint density at radius 1 is 1.18 bits per heavy atom. The lowest BCUT2D eigenvalue weighted by Crippen LogP contribution is -2.48. The van der Waals surface area contributed by atoms with Gasteiger partial charge < -0.3 is 5.11 Å². The van der Waals surface area contributed by atoms with E-state index in [1.54, 1.807) is 0 Å². The average Bonchev–Trinajstić information content (AvgIpc) is 2.95. The van der Waals surface area contributed by atoms with Crippen molar-refractivity contribution in [3.63, 3.8) is 0 Å². The molecule has 3 aliphatic carbocycles. The number of hydrogen-bond acceptors (Lipinski definition) is 2. The zero-order valence-electron chi connectivity index (χ0n) is 11.3. The summed E-state index contributed by atoms with van der Waals surface area (Å²) in [6.07, 6.45) is 3.74. The fourth-order valence-corrected chi connectivity index (χ4v) is 4.22. The van der Waals surface area contributed by atoms with Gasteiger partial charge in [-0.1, -0.05) is 20.8 Å². The maximum absolute atomic E-state index is 12.5. The van der Waals surface area contributed by atoms with Crippen molar-refractivity contribution < 1.29 is 9.90 Å². The summed E-state index contributed by atoms with van der Waals surface area (Å²) in [5, 5.41) is 10.9. The van der Waals surface area contributed by atoms with E-state index >= 15 is 0 Å². The standard InChI is InChI=1S/C15H22O2/c1-9-12(16)10-7-13(2,3)8-11(10)14(4,17)15(9)5-6-15/h9,17H,5-8H2,1-4H3/t9-,14-/m0/s1. The Kier molecular flexibility index (Phi) is 1.92. The van der Waals surface area contributed by atoms with Gasteiger partial charge in [0.15, 0.2) is 5.78 Å². The van der Waals surface area contributed by atoms with Crippen LogP contribution in [0.1, 0.15) is 53.4 Å². The number of ketones is 1. The van der Waals surface area contributed by atoms with Crippen molar-refractivity contribution in [1.82, 2.24) is 0 Å². The predicted molar refractivity (Wildman–Crippen MR) is 66.5 cm³/mol. The van der Waals surface area contributed by atoms with E-state index in [0.29, 0.717) is 5.78 Å². The van der Waals surface area contributed by atoms with Gasteiger partial charge in [-0.15, -0.1) is 0 Å². The van der Waals surface area contributed by atoms with Crippen LogP contribution in [0.2, 0.25) is 0 Å². The molecule has 0 amide bonds. The second-order valence-corrected chi connectivity index (χ2v) is 7.29. The van der Waals surface area contributed by atoms with Gasteiger partial charge in [-0.05, 0) is 49.2 Å². The fraction of sp³-hybridized carbons (Fsp3) is 0.800. The van der Waals surface area contributed by atoms with E-state index in [2.05, 4.69) is 13.8 Å². The summed E-state index contributed by atoms with van der Waals surface area (Å²) >= 11 is 0. The van der Waals surface area contributed by atoms with Gasteiger partial charge in [-0.2, -0.15) is 0 Å². The van der Waals surface area contributed by atoms with Crippen molar-refractivity contribution in [2.45, 2.75) is 59.0 Å². The molecule has 0 heterocycles. The number of rotatable bonds is 0. The molecule has 0 aromatic heterocycles. The largest absolute Gasteiger partial charge is 0.385 e. The molecule has 0 aromatic carbocycles. The Labute approximate surface area is 103 Å². The molecule has 0 unspecified atom stereocenters. The summed E-state index contributed by atoms with van der Waals surface area (Å²) in [7, 11) is 0. The molecule has 1 spiro atoms.